The molecule has 1 aromatic carbocycles. The van der Waals surface area contributed by atoms with Gasteiger partial charge in [-0.2, -0.15) is 0 Å². The van der Waals surface area contributed by atoms with Crippen molar-refractivity contribution < 1.29 is 4.79 Å². The first-order valence-corrected chi connectivity index (χ1v) is 5.10. The van der Waals surface area contributed by atoms with Crippen LogP contribution in [-0.4, -0.2) is 11.8 Å². The maximum atomic E-state index is 11.3. The second kappa shape index (κ2) is 5.01. The lowest BCUT2D eigenvalue weighted by Crippen LogP contribution is -2.12. The summed E-state index contributed by atoms with van der Waals surface area (Å²) < 4.78 is 0. The van der Waals surface area contributed by atoms with Crippen LogP contribution in [0.25, 0.3) is 0 Å². The fourth-order valence-electron chi connectivity index (χ4n) is 1.25. The predicted octanol–water partition coefficient (Wildman–Crippen LogP) is 2.87. The number of hydrogen-bond donors (Lipinski definition) is 1. The molecule has 0 spiro atoms. The van der Waals surface area contributed by atoms with Gasteiger partial charge in [-0.05, 0) is 25.5 Å². The number of carbonyl (C=O) groups is 1. The maximum absolute atomic E-state index is 11.3. The first kappa shape index (κ1) is 11.1. The van der Waals surface area contributed by atoms with Gasteiger partial charge in [0.25, 0.3) is 0 Å². The number of rotatable bonds is 3. The molecule has 2 nitrogen and oxygen atoms in total. The lowest BCUT2D eigenvalue weighted by molar-refractivity contribution is -0.115. The number of anilines is 1. The zero-order valence-electron chi connectivity index (χ0n) is 8.43. The van der Waals surface area contributed by atoms with Gasteiger partial charge in [0.2, 0.25) is 5.91 Å². The normalized spacial score (nSPS) is 9.93. The Morgan fingerprint density at radius 1 is 1.43 bits per heavy atom. The first-order valence-electron chi connectivity index (χ1n) is 4.56. The Kier molecular flexibility index (Phi) is 3.96. The Labute approximate surface area is 89.3 Å². The molecule has 0 bridgehead atoms. The van der Waals surface area contributed by atoms with Crippen molar-refractivity contribution in [3.63, 3.8) is 0 Å². The summed E-state index contributed by atoms with van der Waals surface area (Å²) in [7, 11) is 0. The summed E-state index contributed by atoms with van der Waals surface area (Å²) in [6, 6.07) is 5.93. The van der Waals surface area contributed by atoms with E-state index in [4.69, 9.17) is 11.6 Å². The Bertz CT molecular complexity index is 336. The summed E-state index contributed by atoms with van der Waals surface area (Å²) in [5.41, 5.74) is 3.14. The summed E-state index contributed by atoms with van der Waals surface area (Å²) in [5.74, 6) is 0.323. The minimum absolute atomic E-state index is 0.0352. The van der Waals surface area contributed by atoms with Gasteiger partial charge in [-0.25, -0.2) is 0 Å². The summed E-state index contributed by atoms with van der Waals surface area (Å²) in [5, 5.41) is 2.81. The number of carbonyl (C=O) groups excluding carboxylic acids is 1. The molecule has 0 aliphatic rings. The minimum Gasteiger partial charge on any atom is -0.326 e. The number of benzene rings is 1. The lowest BCUT2D eigenvalue weighted by atomic mass is 10.1. The number of alkyl halides is 1. The van der Waals surface area contributed by atoms with Gasteiger partial charge < -0.3 is 5.32 Å². The molecule has 0 saturated heterocycles. The highest BCUT2D eigenvalue weighted by atomic mass is 35.5. The zero-order valence-corrected chi connectivity index (χ0v) is 9.19. The fraction of sp³-hybridized carbons (Fsp3) is 0.364. The predicted molar refractivity (Wildman–Crippen MR) is 59.9 cm³/mol. The molecular weight excluding hydrogens is 198 g/mol. The third kappa shape index (κ3) is 3.04. The van der Waals surface area contributed by atoms with Crippen molar-refractivity contribution in [2.24, 2.45) is 0 Å². The Morgan fingerprint density at radius 3 is 2.71 bits per heavy atom. The number of nitrogens with one attached hydrogen (secondary N) is 1. The molecule has 1 rings (SSSR count). The molecule has 0 heterocycles. The summed E-state index contributed by atoms with van der Waals surface area (Å²) in [4.78, 5) is 11.3. The van der Waals surface area contributed by atoms with Crippen molar-refractivity contribution >= 4 is 23.2 Å². The van der Waals surface area contributed by atoms with E-state index in [2.05, 4.69) is 5.32 Å². The molecule has 0 unspecified atom stereocenters. The molecule has 0 fully saturated rings. The average molecular weight is 212 g/mol. The van der Waals surface area contributed by atoms with Crippen molar-refractivity contribution in [2.75, 3.05) is 11.2 Å². The molecule has 76 valence electrons. The molecule has 0 saturated carbocycles. The number of aryl methyl sites for hydroxylation is 2. The minimum atomic E-state index is -0.0352. The van der Waals surface area contributed by atoms with E-state index >= 15 is 0 Å². The van der Waals surface area contributed by atoms with E-state index in [9.17, 15) is 4.79 Å². The van der Waals surface area contributed by atoms with Crippen LogP contribution in [0.4, 0.5) is 5.69 Å². The molecule has 0 aromatic heterocycles. The van der Waals surface area contributed by atoms with Crippen LogP contribution in [-0.2, 0) is 4.79 Å². The molecular formula is C11H14ClNO. The molecule has 1 aromatic rings. The van der Waals surface area contributed by atoms with E-state index < -0.39 is 0 Å². The van der Waals surface area contributed by atoms with Gasteiger partial charge in [-0.15, -0.1) is 11.6 Å². The topological polar surface area (TPSA) is 29.1 Å². The van der Waals surface area contributed by atoms with Crippen LogP contribution in [0, 0.1) is 13.8 Å². The maximum Gasteiger partial charge on any atom is 0.225 e. The number of hydrogen-bond acceptors (Lipinski definition) is 1. The van der Waals surface area contributed by atoms with Crippen molar-refractivity contribution in [3.8, 4) is 0 Å². The van der Waals surface area contributed by atoms with E-state index in [1.54, 1.807) is 0 Å². The quantitative estimate of drug-likeness (QED) is 0.766. The number of halogens is 1. The van der Waals surface area contributed by atoms with Crippen LogP contribution < -0.4 is 5.32 Å². The van der Waals surface area contributed by atoms with Crippen LogP contribution in [0.2, 0.25) is 0 Å². The monoisotopic (exact) mass is 211 g/mol. The van der Waals surface area contributed by atoms with E-state index in [-0.39, 0.29) is 5.91 Å². The smallest absolute Gasteiger partial charge is 0.225 e. The first-order chi connectivity index (χ1) is 6.63. The molecule has 0 radical (unpaired) electrons. The van der Waals surface area contributed by atoms with Crippen LogP contribution in [0.15, 0.2) is 18.2 Å². The second-order valence-electron chi connectivity index (χ2n) is 3.31. The molecule has 14 heavy (non-hydrogen) atoms. The SMILES string of the molecule is Cc1ccc(NC(=O)CCCl)c(C)c1. The Balaban J connectivity index is 2.72. The van der Waals surface area contributed by atoms with Crippen LogP contribution in [0.5, 0.6) is 0 Å². The van der Waals surface area contributed by atoms with Gasteiger partial charge in [0, 0.05) is 18.0 Å². The van der Waals surface area contributed by atoms with Gasteiger partial charge in [-0.3, -0.25) is 4.79 Å². The van der Waals surface area contributed by atoms with Crippen molar-refractivity contribution in [2.45, 2.75) is 20.3 Å². The molecule has 0 aliphatic carbocycles. The van der Waals surface area contributed by atoms with Crippen molar-refractivity contribution in [1.29, 1.82) is 0 Å². The third-order valence-corrected chi connectivity index (χ3v) is 2.17. The Hall–Kier alpha value is -1.02. The van der Waals surface area contributed by atoms with Gasteiger partial charge in [0.05, 0.1) is 0 Å². The molecule has 0 atom stereocenters. The van der Waals surface area contributed by atoms with E-state index in [1.165, 1.54) is 5.56 Å². The summed E-state index contributed by atoms with van der Waals surface area (Å²) in [6.45, 7) is 4.00. The molecule has 0 aliphatic heterocycles. The fourth-order valence-corrected chi connectivity index (χ4v) is 1.42. The highest BCUT2D eigenvalue weighted by Gasteiger charge is 2.03. The molecule has 1 N–H and O–H groups in total. The van der Waals surface area contributed by atoms with E-state index in [0.717, 1.165) is 11.3 Å². The Morgan fingerprint density at radius 2 is 2.14 bits per heavy atom. The highest BCUT2D eigenvalue weighted by Crippen LogP contribution is 2.16. The van der Waals surface area contributed by atoms with Crippen molar-refractivity contribution in [1.82, 2.24) is 0 Å². The van der Waals surface area contributed by atoms with Crippen molar-refractivity contribution in [3.05, 3.63) is 29.3 Å². The van der Waals surface area contributed by atoms with E-state index in [0.29, 0.717) is 12.3 Å². The summed E-state index contributed by atoms with van der Waals surface area (Å²) >= 11 is 5.47. The van der Waals surface area contributed by atoms with E-state index in [1.807, 2.05) is 32.0 Å². The second-order valence-corrected chi connectivity index (χ2v) is 3.68. The van der Waals surface area contributed by atoms with Crippen LogP contribution in [0.3, 0.4) is 0 Å². The zero-order chi connectivity index (χ0) is 10.6. The third-order valence-electron chi connectivity index (χ3n) is 1.98. The van der Waals surface area contributed by atoms with Gasteiger partial charge in [0.1, 0.15) is 0 Å². The number of amides is 1. The standard InChI is InChI=1S/C11H14ClNO/c1-8-3-4-10(9(2)7-8)13-11(14)5-6-12/h3-4,7H,5-6H2,1-2H3,(H,13,14). The molecule has 3 heteroatoms. The largest absolute Gasteiger partial charge is 0.326 e. The average Bonchev–Trinajstić information content (AvgIpc) is 2.10. The lowest BCUT2D eigenvalue weighted by Gasteiger charge is -2.07. The van der Waals surface area contributed by atoms with Gasteiger partial charge in [-0.1, -0.05) is 17.7 Å². The van der Waals surface area contributed by atoms with Gasteiger partial charge in [0.15, 0.2) is 0 Å². The molecule has 1 amide bonds. The van der Waals surface area contributed by atoms with Gasteiger partial charge >= 0.3 is 0 Å². The highest BCUT2D eigenvalue weighted by molar-refractivity contribution is 6.19. The summed E-state index contributed by atoms with van der Waals surface area (Å²) in [6.07, 6.45) is 0.356. The van der Waals surface area contributed by atoms with Crippen LogP contribution >= 0.6 is 11.6 Å². The van der Waals surface area contributed by atoms with Crippen LogP contribution in [0.1, 0.15) is 17.5 Å².